The summed E-state index contributed by atoms with van der Waals surface area (Å²) in [7, 11) is 0. The number of aromatic nitrogens is 1. The van der Waals surface area contributed by atoms with Crippen molar-refractivity contribution in [3.8, 4) is 0 Å². The van der Waals surface area contributed by atoms with Gasteiger partial charge in [-0.1, -0.05) is 6.92 Å². The summed E-state index contributed by atoms with van der Waals surface area (Å²) >= 11 is 0. The van der Waals surface area contributed by atoms with Crippen LogP contribution in [-0.4, -0.2) is 29.4 Å². The predicted octanol–water partition coefficient (Wildman–Crippen LogP) is 1.20. The Bertz CT molecular complexity index is 332. The molecular formula is C11H14N2O. The number of pyridine rings is 1. The molecule has 3 heteroatoms. The average Bonchev–Trinajstić information content (AvgIpc) is 2.17. The van der Waals surface area contributed by atoms with Gasteiger partial charge in [0.1, 0.15) is 0 Å². The van der Waals surface area contributed by atoms with Crippen molar-refractivity contribution in [2.75, 3.05) is 13.1 Å². The van der Waals surface area contributed by atoms with Crippen LogP contribution in [0.4, 0.5) is 0 Å². The second-order valence-corrected chi connectivity index (χ2v) is 3.68. The first-order valence-electron chi connectivity index (χ1n) is 4.97. The molecule has 0 aliphatic carbocycles. The van der Waals surface area contributed by atoms with Gasteiger partial charge in [-0.15, -0.1) is 0 Å². The van der Waals surface area contributed by atoms with E-state index in [0.717, 1.165) is 25.9 Å². The van der Waals surface area contributed by atoms with Gasteiger partial charge in [-0.25, -0.2) is 0 Å². The van der Waals surface area contributed by atoms with E-state index < -0.39 is 0 Å². The van der Waals surface area contributed by atoms with Crippen molar-refractivity contribution < 1.29 is 4.79 Å². The number of hydrogen-bond donors (Lipinski definition) is 0. The van der Waals surface area contributed by atoms with E-state index in [1.54, 1.807) is 4.90 Å². The number of likely N-dealkylation sites (tertiary alicyclic amines) is 1. The van der Waals surface area contributed by atoms with Gasteiger partial charge in [0, 0.05) is 31.4 Å². The quantitative estimate of drug-likeness (QED) is 0.671. The standard InChI is InChI=1S/C11H14N2O/c1-2-9-3-4-12-5-11(9)10-6-13(7-10)8-14/h3-5,8,10H,2,6-7H2,1H3. The lowest BCUT2D eigenvalue weighted by atomic mass is 9.89. The van der Waals surface area contributed by atoms with Gasteiger partial charge >= 0.3 is 0 Å². The zero-order chi connectivity index (χ0) is 9.97. The van der Waals surface area contributed by atoms with E-state index in [9.17, 15) is 4.79 Å². The summed E-state index contributed by atoms with van der Waals surface area (Å²) in [5, 5.41) is 0. The second kappa shape index (κ2) is 3.78. The highest BCUT2D eigenvalue weighted by Gasteiger charge is 2.28. The van der Waals surface area contributed by atoms with E-state index in [2.05, 4.69) is 18.0 Å². The molecule has 1 amide bonds. The molecule has 3 nitrogen and oxygen atoms in total. The Morgan fingerprint density at radius 3 is 3.07 bits per heavy atom. The van der Waals surface area contributed by atoms with Crippen molar-refractivity contribution in [3.05, 3.63) is 29.6 Å². The summed E-state index contributed by atoms with van der Waals surface area (Å²) in [6, 6.07) is 2.07. The van der Waals surface area contributed by atoms with Crippen LogP contribution in [-0.2, 0) is 11.2 Å². The maximum absolute atomic E-state index is 10.4. The van der Waals surface area contributed by atoms with E-state index in [-0.39, 0.29) is 0 Å². The lowest BCUT2D eigenvalue weighted by molar-refractivity contribution is -0.122. The topological polar surface area (TPSA) is 33.2 Å². The number of nitrogens with zero attached hydrogens (tertiary/aromatic N) is 2. The van der Waals surface area contributed by atoms with Crippen LogP contribution < -0.4 is 0 Å². The van der Waals surface area contributed by atoms with E-state index in [4.69, 9.17) is 0 Å². The number of hydrogen-bond acceptors (Lipinski definition) is 2. The van der Waals surface area contributed by atoms with Gasteiger partial charge in [0.2, 0.25) is 6.41 Å². The highest BCUT2D eigenvalue weighted by Crippen LogP contribution is 2.27. The fourth-order valence-electron chi connectivity index (χ4n) is 1.92. The van der Waals surface area contributed by atoms with Crippen LogP contribution in [0.5, 0.6) is 0 Å². The fourth-order valence-corrected chi connectivity index (χ4v) is 1.92. The molecule has 14 heavy (non-hydrogen) atoms. The van der Waals surface area contributed by atoms with Gasteiger partial charge in [0.15, 0.2) is 0 Å². The Kier molecular flexibility index (Phi) is 2.48. The van der Waals surface area contributed by atoms with Crippen molar-refractivity contribution in [3.63, 3.8) is 0 Å². The number of carbonyl (C=O) groups is 1. The van der Waals surface area contributed by atoms with Crippen molar-refractivity contribution in [2.45, 2.75) is 19.3 Å². The summed E-state index contributed by atoms with van der Waals surface area (Å²) in [5.41, 5.74) is 2.67. The van der Waals surface area contributed by atoms with Gasteiger partial charge in [0.25, 0.3) is 0 Å². The van der Waals surface area contributed by atoms with Crippen LogP contribution in [0.1, 0.15) is 24.0 Å². The van der Waals surface area contributed by atoms with Gasteiger partial charge in [-0.2, -0.15) is 0 Å². The Morgan fingerprint density at radius 1 is 1.64 bits per heavy atom. The summed E-state index contributed by atoms with van der Waals surface area (Å²) in [4.78, 5) is 16.4. The molecule has 0 saturated carbocycles. The summed E-state index contributed by atoms with van der Waals surface area (Å²) < 4.78 is 0. The molecule has 1 aromatic heterocycles. The molecule has 0 unspecified atom stereocenters. The normalized spacial score (nSPS) is 16.5. The van der Waals surface area contributed by atoms with Crippen molar-refractivity contribution in [2.24, 2.45) is 0 Å². The fraction of sp³-hybridized carbons (Fsp3) is 0.455. The maximum atomic E-state index is 10.4. The molecule has 0 aromatic carbocycles. The molecule has 1 aromatic rings. The lowest BCUT2D eigenvalue weighted by Gasteiger charge is -2.37. The molecule has 0 N–H and O–H groups in total. The molecule has 0 atom stereocenters. The van der Waals surface area contributed by atoms with Gasteiger partial charge < -0.3 is 4.90 Å². The minimum atomic E-state index is 0.504. The van der Waals surface area contributed by atoms with Crippen LogP contribution in [0.3, 0.4) is 0 Å². The molecule has 1 fully saturated rings. The molecule has 1 saturated heterocycles. The first kappa shape index (κ1) is 9.19. The van der Waals surface area contributed by atoms with E-state index in [1.165, 1.54) is 11.1 Å². The first-order valence-corrected chi connectivity index (χ1v) is 4.97. The average molecular weight is 190 g/mol. The third-order valence-electron chi connectivity index (χ3n) is 2.83. The Balaban J connectivity index is 2.13. The van der Waals surface area contributed by atoms with Crippen molar-refractivity contribution in [1.82, 2.24) is 9.88 Å². The van der Waals surface area contributed by atoms with Crippen LogP contribution in [0.15, 0.2) is 18.5 Å². The van der Waals surface area contributed by atoms with E-state index in [1.807, 2.05) is 12.4 Å². The number of rotatable bonds is 3. The highest BCUT2D eigenvalue weighted by molar-refractivity contribution is 5.50. The second-order valence-electron chi connectivity index (χ2n) is 3.68. The van der Waals surface area contributed by atoms with Gasteiger partial charge in [-0.05, 0) is 23.6 Å². The molecule has 0 radical (unpaired) electrons. The molecule has 2 heterocycles. The molecular weight excluding hydrogens is 176 g/mol. The zero-order valence-electron chi connectivity index (χ0n) is 8.31. The molecule has 74 valence electrons. The largest absolute Gasteiger partial charge is 0.344 e. The van der Waals surface area contributed by atoms with Crippen LogP contribution in [0, 0.1) is 0 Å². The number of amides is 1. The molecule has 1 aliphatic rings. The monoisotopic (exact) mass is 190 g/mol. The smallest absolute Gasteiger partial charge is 0.209 e. The van der Waals surface area contributed by atoms with Crippen LogP contribution in [0.2, 0.25) is 0 Å². The Labute approximate surface area is 83.8 Å². The van der Waals surface area contributed by atoms with E-state index >= 15 is 0 Å². The minimum absolute atomic E-state index is 0.504. The number of aryl methyl sites for hydroxylation is 1. The minimum Gasteiger partial charge on any atom is -0.344 e. The van der Waals surface area contributed by atoms with Crippen molar-refractivity contribution >= 4 is 6.41 Å². The van der Waals surface area contributed by atoms with Gasteiger partial charge in [-0.3, -0.25) is 9.78 Å². The SMILES string of the molecule is CCc1ccncc1C1CN(C=O)C1. The van der Waals surface area contributed by atoms with Crippen molar-refractivity contribution in [1.29, 1.82) is 0 Å². The first-order chi connectivity index (χ1) is 6.85. The third kappa shape index (κ3) is 1.50. The zero-order valence-corrected chi connectivity index (χ0v) is 8.31. The maximum Gasteiger partial charge on any atom is 0.209 e. The predicted molar refractivity (Wildman–Crippen MR) is 54.0 cm³/mol. The molecule has 2 rings (SSSR count). The Morgan fingerprint density at radius 2 is 2.43 bits per heavy atom. The summed E-state index contributed by atoms with van der Waals surface area (Å²) in [6.07, 6.45) is 5.72. The summed E-state index contributed by atoms with van der Waals surface area (Å²) in [6.45, 7) is 3.85. The van der Waals surface area contributed by atoms with E-state index in [0.29, 0.717) is 5.92 Å². The third-order valence-corrected chi connectivity index (χ3v) is 2.83. The summed E-state index contributed by atoms with van der Waals surface area (Å²) in [5.74, 6) is 0.504. The van der Waals surface area contributed by atoms with Crippen LogP contribution >= 0.6 is 0 Å². The molecule has 0 spiro atoms. The van der Waals surface area contributed by atoms with Crippen LogP contribution in [0.25, 0.3) is 0 Å². The Hall–Kier alpha value is -1.38. The molecule has 0 bridgehead atoms. The lowest BCUT2D eigenvalue weighted by Crippen LogP contribution is -2.44. The van der Waals surface area contributed by atoms with Gasteiger partial charge in [0.05, 0.1) is 0 Å². The molecule has 1 aliphatic heterocycles. The highest BCUT2D eigenvalue weighted by atomic mass is 16.1. The number of carbonyl (C=O) groups excluding carboxylic acids is 1.